The predicted molar refractivity (Wildman–Crippen MR) is 14.0 cm³/mol. The molecule has 0 saturated heterocycles. The molecule has 0 aliphatic carbocycles. The molecule has 0 spiro atoms. The van der Waals surface area contributed by atoms with Crippen molar-refractivity contribution >= 4 is 78.7 Å². The van der Waals surface area contributed by atoms with Gasteiger partial charge in [-0.2, -0.15) is 0 Å². The topological polar surface area (TPSA) is 17.1 Å². The van der Waals surface area contributed by atoms with E-state index in [2.05, 4.69) is 9.82 Å². The molecule has 1 radical (unpaired) electrons. The summed E-state index contributed by atoms with van der Waals surface area (Å²) in [6.07, 6.45) is 0. The zero-order valence-corrected chi connectivity index (χ0v) is 11.3. The molecule has 0 aromatic rings. The van der Waals surface area contributed by atoms with E-state index < -0.39 is 16.7 Å². The summed E-state index contributed by atoms with van der Waals surface area (Å²) in [7, 11) is 3.97. The van der Waals surface area contributed by atoms with Gasteiger partial charge in [-0.3, -0.25) is 0 Å². The summed E-state index contributed by atoms with van der Waals surface area (Å²) in [4.78, 5) is 0. The average Bonchev–Trinajstić information content (AvgIpc) is 0.918. The fourth-order valence-corrected chi connectivity index (χ4v) is 0. The Kier molecular flexibility index (Phi) is 22.8. The van der Waals surface area contributed by atoms with Crippen LogP contribution < -0.4 is 0 Å². The first kappa shape index (κ1) is 9.90. The molecule has 0 N–H and O–H groups in total. The molecule has 1 nitrogen and oxygen atoms in total. The van der Waals surface area contributed by atoms with Crippen molar-refractivity contribution in [3.05, 3.63) is 0 Å². The standard InChI is InChI=1S/Cs.Mo.O.S. The molecule has 0 aromatic carbocycles. The van der Waals surface area contributed by atoms with Gasteiger partial charge in [0.2, 0.25) is 0 Å². The summed E-state index contributed by atoms with van der Waals surface area (Å²) in [6, 6.07) is 0. The van der Waals surface area contributed by atoms with Crippen molar-refractivity contribution in [1.29, 1.82) is 0 Å². The first-order valence-electron chi connectivity index (χ1n) is 0.333. The van der Waals surface area contributed by atoms with Crippen molar-refractivity contribution in [2.75, 3.05) is 0 Å². The predicted octanol–water partition coefficient (Wildman–Crippen LogP) is 0.146. The Morgan fingerprint density at radius 1 is 1.75 bits per heavy atom. The summed E-state index contributed by atoms with van der Waals surface area (Å²) in [5.74, 6) is 0. The van der Waals surface area contributed by atoms with E-state index in [0.29, 0.717) is 0 Å². The molecule has 0 heterocycles. The number of hydrogen-bond acceptors (Lipinski definition) is 2. The second kappa shape index (κ2) is 9.23. The van der Waals surface area contributed by atoms with Crippen LogP contribution in [-0.4, -0.2) is 68.9 Å². The van der Waals surface area contributed by atoms with Crippen LogP contribution in [0.3, 0.4) is 0 Å². The van der Waals surface area contributed by atoms with Gasteiger partial charge in [-0.05, 0) is 0 Å². The number of rotatable bonds is 0. The van der Waals surface area contributed by atoms with Crippen LogP contribution in [0.1, 0.15) is 0 Å². The molecule has 0 aliphatic heterocycles. The molecule has 0 saturated carbocycles. The summed E-state index contributed by atoms with van der Waals surface area (Å²) >= 11 is -1.20. The Hall–Kier alpha value is 2.76. The summed E-state index contributed by atoms with van der Waals surface area (Å²) < 4.78 is 8.88. The molecule has 0 aliphatic rings. The van der Waals surface area contributed by atoms with Crippen molar-refractivity contribution < 1.29 is 20.1 Å². The van der Waals surface area contributed by atoms with E-state index >= 15 is 0 Å². The van der Waals surface area contributed by atoms with E-state index in [1.54, 1.807) is 0 Å². The third-order valence-corrected chi connectivity index (χ3v) is 0. The van der Waals surface area contributed by atoms with Gasteiger partial charge in [0, 0.05) is 68.9 Å². The fraction of sp³-hybridized carbons (Fsp3) is 0. The molecular weight excluding hydrogens is 277 g/mol. The van der Waals surface area contributed by atoms with Gasteiger partial charge in [0.25, 0.3) is 0 Å². The van der Waals surface area contributed by atoms with Crippen molar-refractivity contribution in [2.45, 2.75) is 0 Å². The van der Waals surface area contributed by atoms with Gasteiger partial charge in [0.15, 0.2) is 0 Å². The van der Waals surface area contributed by atoms with Gasteiger partial charge in [0.05, 0.1) is 0 Å². The second-order valence-electron chi connectivity index (χ2n) is 0.0680. The average molecular weight is 277 g/mol. The van der Waals surface area contributed by atoms with E-state index in [4.69, 9.17) is 3.40 Å². The first-order valence-corrected chi connectivity index (χ1v) is 3.94. The van der Waals surface area contributed by atoms with Gasteiger partial charge in [-0.1, -0.05) is 0 Å². The first-order chi connectivity index (χ1) is 1.41. The quantitative estimate of drug-likeness (QED) is 0.586. The zero-order valence-electron chi connectivity index (χ0n) is 2.22. The molecule has 0 unspecified atom stereocenters. The SMILES string of the molecule is [Cs].[O]=[Mo]=[S]. The Bertz CT molecular complexity index is 29.0. The van der Waals surface area contributed by atoms with E-state index in [9.17, 15) is 0 Å². The van der Waals surface area contributed by atoms with Crippen LogP contribution in [0.25, 0.3) is 0 Å². The molecule has 0 bridgehead atoms. The van der Waals surface area contributed by atoms with E-state index in [1.807, 2.05) is 0 Å². The van der Waals surface area contributed by atoms with Crippen molar-refractivity contribution in [2.24, 2.45) is 0 Å². The van der Waals surface area contributed by atoms with Crippen molar-refractivity contribution in [1.82, 2.24) is 0 Å². The fourth-order valence-electron chi connectivity index (χ4n) is 0. The van der Waals surface area contributed by atoms with E-state index in [-0.39, 0.29) is 68.9 Å². The van der Waals surface area contributed by atoms with Gasteiger partial charge in [0.1, 0.15) is 0 Å². The summed E-state index contributed by atoms with van der Waals surface area (Å²) in [5.41, 5.74) is 0. The van der Waals surface area contributed by atoms with Crippen molar-refractivity contribution in [3.8, 4) is 0 Å². The van der Waals surface area contributed by atoms with Gasteiger partial charge < -0.3 is 0 Å². The van der Waals surface area contributed by atoms with Crippen LogP contribution in [0.2, 0.25) is 0 Å². The molecular formula is CsMoOS. The van der Waals surface area contributed by atoms with Crippen LogP contribution in [0.15, 0.2) is 0 Å². The minimum atomic E-state index is -1.20. The van der Waals surface area contributed by atoms with Crippen LogP contribution in [0.5, 0.6) is 0 Å². The molecule has 4 heavy (non-hydrogen) atoms. The van der Waals surface area contributed by atoms with Crippen LogP contribution in [0, 0.1) is 0 Å². The van der Waals surface area contributed by atoms with Gasteiger partial charge >= 0.3 is 29.9 Å². The van der Waals surface area contributed by atoms with Crippen molar-refractivity contribution in [3.63, 3.8) is 0 Å². The maximum absolute atomic E-state index is 8.88. The Labute approximate surface area is 95.6 Å². The monoisotopic (exact) mass is 279 g/mol. The van der Waals surface area contributed by atoms with E-state index in [1.165, 1.54) is 0 Å². The summed E-state index contributed by atoms with van der Waals surface area (Å²) in [5, 5.41) is 0. The molecule has 4 heteroatoms. The maximum atomic E-state index is 8.88. The molecule has 0 fully saturated rings. The van der Waals surface area contributed by atoms with Crippen LogP contribution in [-0.2, 0) is 20.1 Å². The Morgan fingerprint density at radius 3 is 1.75 bits per heavy atom. The van der Waals surface area contributed by atoms with Crippen LogP contribution in [0.4, 0.5) is 0 Å². The zero-order chi connectivity index (χ0) is 2.71. The Balaban J connectivity index is 0. The van der Waals surface area contributed by atoms with Gasteiger partial charge in [-0.25, -0.2) is 0 Å². The van der Waals surface area contributed by atoms with Gasteiger partial charge in [-0.15, -0.1) is 0 Å². The Morgan fingerprint density at radius 2 is 1.75 bits per heavy atom. The second-order valence-corrected chi connectivity index (χ2v) is 1.21. The van der Waals surface area contributed by atoms with E-state index in [0.717, 1.165) is 0 Å². The molecule has 19 valence electrons. The molecule has 0 atom stereocenters. The summed E-state index contributed by atoms with van der Waals surface area (Å²) in [6.45, 7) is 0. The number of hydrogen-bond donors (Lipinski definition) is 0. The molecule has 0 rings (SSSR count). The third-order valence-electron chi connectivity index (χ3n) is 0. The molecule has 0 aromatic heterocycles. The minimum absolute atomic E-state index is 0. The normalized spacial score (nSPS) is 3.00. The van der Waals surface area contributed by atoms with Crippen LogP contribution >= 0.6 is 9.82 Å². The molecule has 0 amide bonds. The third kappa shape index (κ3) is 8.83.